The number of thiophene rings is 2. The van der Waals surface area contributed by atoms with Gasteiger partial charge in [0.1, 0.15) is 0 Å². The largest absolute Gasteiger partial charge is 0.312 e. The average molecular weight is 294 g/mol. The van der Waals surface area contributed by atoms with Gasteiger partial charge in [0.25, 0.3) is 0 Å². The highest BCUT2D eigenvalue weighted by atomic mass is 32.1. The Morgan fingerprint density at radius 2 is 2.11 bits per heavy atom. The summed E-state index contributed by atoms with van der Waals surface area (Å²) in [6, 6.07) is 6.68. The van der Waals surface area contributed by atoms with Gasteiger partial charge >= 0.3 is 0 Å². The molecule has 0 aliphatic heterocycles. The summed E-state index contributed by atoms with van der Waals surface area (Å²) in [5.74, 6) is 0. The summed E-state index contributed by atoms with van der Waals surface area (Å²) in [4.78, 5) is 6.71. The molecule has 0 fully saturated rings. The Hall–Kier alpha value is -0.680. The van der Waals surface area contributed by atoms with E-state index >= 15 is 0 Å². The molecular formula is C15H22N2S2. The maximum Gasteiger partial charge on any atom is 0.0328 e. The van der Waals surface area contributed by atoms with E-state index in [4.69, 9.17) is 0 Å². The second kappa shape index (κ2) is 7.20. The molecule has 1 N–H and O–H groups in total. The smallest absolute Gasteiger partial charge is 0.0328 e. The van der Waals surface area contributed by atoms with Crippen LogP contribution in [0, 0.1) is 6.92 Å². The Kier molecular flexibility index (Phi) is 5.58. The molecule has 0 atom stereocenters. The Labute approximate surface area is 124 Å². The molecule has 0 saturated heterocycles. The highest BCUT2D eigenvalue weighted by Crippen LogP contribution is 2.23. The van der Waals surface area contributed by atoms with Crippen molar-refractivity contribution in [3.63, 3.8) is 0 Å². The van der Waals surface area contributed by atoms with Crippen LogP contribution in [0.15, 0.2) is 23.6 Å². The molecule has 0 aliphatic rings. The lowest BCUT2D eigenvalue weighted by molar-refractivity contribution is 0.322. The Morgan fingerprint density at radius 3 is 2.79 bits per heavy atom. The van der Waals surface area contributed by atoms with Crippen LogP contribution in [-0.4, -0.2) is 18.5 Å². The molecule has 0 unspecified atom stereocenters. The number of hydrogen-bond donors (Lipinski definition) is 1. The third-order valence-electron chi connectivity index (χ3n) is 3.07. The number of hydrogen-bond acceptors (Lipinski definition) is 4. The Balaban J connectivity index is 1.92. The zero-order valence-corrected chi connectivity index (χ0v) is 13.5. The van der Waals surface area contributed by atoms with Crippen molar-refractivity contribution < 1.29 is 0 Å². The van der Waals surface area contributed by atoms with Gasteiger partial charge in [-0.2, -0.15) is 0 Å². The first-order valence-electron chi connectivity index (χ1n) is 6.69. The van der Waals surface area contributed by atoms with E-state index in [0.29, 0.717) is 0 Å². The van der Waals surface area contributed by atoms with Gasteiger partial charge in [-0.3, -0.25) is 4.90 Å². The predicted octanol–water partition coefficient (Wildman–Crippen LogP) is 3.86. The number of nitrogens with one attached hydrogen (secondary N) is 1. The molecule has 2 heterocycles. The molecule has 0 bridgehead atoms. The van der Waals surface area contributed by atoms with Crippen molar-refractivity contribution in [1.29, 1.82) is 0 Å². The zero-order chi connectivity index (χ0) is 13.7. The Morgan fingerprint density at radius 1 is 1.26 bits per heavy atom. The van der Waals surface area contributed by atoms with E-state index in [9.17, 15) is 0 Å². The average Bonchev–Trinajstić information content (AvgIpc) is 2.98. The summed E-state index contributed by atoms with van der Waals surface area (Å²) >= 11 is 3.75. The van der Waals surface area contributed by atoms with Gasteiger partial charge in [0, 0.05) is 34.3 Å². The second-order valence-corrected chi connectivity index (χ2v) is 7.20. The summed E-state index contributed by atoms with van der Waals surface area (Å²) in [5.41, 5.74) is 1.47. The van der Waals surface area contributed by atoms with Crippen molar-refractivity contribution in [2.45, 2.75) is 33.5 Å². The molecular weight excluding hydrogens is 272 g/mol. The van der Waals surface area contributed by atoms with Crippen molar-refractivity contribution in [1.82, 2.24) is 10.2 Å². The molecule has 0 radical (unpaired) electrons. The van der Waals surface area contributed by atoms with Gasteiger partial charge in [0.2, 0.25) is 0 Å². The third kappa shape index (κ3) is 4.42. The van der Waals surface area contributed by atoms with E-state index in [0.717, 1.165) is 26.2 Å². The predicted molar refractivity (Wildman–Crippen MR) is 85.9 cm³/mol. The molecule has 0 spiro atoms. The first-order chi connectivity index (χ1) is 9.19. The van der Waals surface area contributed by atoms with Crippen LogP contribution < -0.4 is 5.32 Å². The van der Waals surface area contributed by atoms with Gasteiger partial charge in [0.15, 0.2) is 0 Å². The fourth-order valence-corrected chi connectivity index (χ4v) is 3.90. The van der Waals surface area contributed by atoms with Crippen LogP contribution in [0.4, 0.5) is 0 Å². The SMILES string of the molecule is CCNCc1cc(CN(C)Cc2cccs2)c(C)s1. The van der Waals surface area contributed by atoms with Crippen molar-refractivity contribution >= 4 is 22.7 Å². The van der Waals surface area contributed by atoms with Gasteiger partial charge in [-0.05, 0) is 43.6 Å². The third-order valence-corrected chi connectivity index (χ3v) is 5.02. The number of rotatable bonds is 7. The van der Waals surface area contributed by atoms with Crippen LogP contribution in [0.5, 0.6) is 0 Å². The minimum Gasteiger partial charge on any atom is -0.312 e. The van der Waals surface area contributed by atoms with E-state index in [2.05, 4.69) is 54.7 Å². The molecule has 4 heteroatoms. The number of aryl methyl sites for hydroxylation is 1. The van der Waals surface area contributed by atoms with Crippen molar-refractivity contribution in [3.05, 3.63) is 43.8 Å². The first-order valence-corrected chi connectivity index (χ1v) is 8.38. The lowest BCUT2D eigenvalue weighted by Gasteiger charge is -2.15. The molecule has 2 aromatic rings. The maximum atomic E-state index is 3.39. The lowest BCUT2D eigenvalue weighted by atomic mass is 10.2. The van der Waals surface area contributed by atoms with Crippen molar-refractivity contribution in [2.75, 3.05) is 13.6 Å². The van der Waals surface area contributed by atoms with Crippen LogP contribution in [0.3, 0.4) is 0 Å². The normalized spacial score (nSPS) is 11.4. The minimum absolute atomic E-state index is 0.997. The summed E-state index contributed by atoms with van der Waals surface area (Å²) in [6.07, 6.45) is 0. The van der Waals surface area contributed by atoms with E-state index in [1.165, 1.54) is 20.2 Å². The van der Waals surface area contributed by atoms with Gasteiger partial charge < -0.3 is 5.32 Å². The quantitative estimate of drug-likeness (QED) is 0.834. The molecule has 0 amide bonds. The van der Waals surface area contributed by atoms with Gasteiger partial charge in [-0.15, -0.1) is 22.7 Å². The molecule has 0 aliphatic carbocycles. The van der Waals surface area contributed by atoms with Gasteiger partial charge in [-0.1, -0.05) is 13.0 Å². The summed E-state index contributed by atoms with van der Waals surface area (Å²) in [7, 11) is 2.20. The van der Waals surface area contributed by atoms with E-state index in [1.54, 1.807) is 0 Å². The molecule has 2 aromatic heterocycles. The molecule has 2 rings (SSSR count). The van der Waals surface area contributed by atoms with Crippen LogP contribution in [-0.2, 0) is 19.6 Å². The first kappa shape index (κ1) is 14.7. The molecule has 104 valence electrons. The van der Waals surface area contributed by atoms with E-state index in [-0.39, 0.29) is 0 Å². The fourth-order valence-electron chi connectivity index (χ4n) is 2.10. The maximum absolute atomic E-state index is 3.39. The van der Waals surface area contributed by atoms with E-state index in [1.807, 2.05) is 22.7 Å². The standard InChI is InChI=1S/C15H22N2S2/c1-4-16-9-15-8-13(12(2)19-15)10-17(3)11-14-6-5-7-18-14/h5-8,16H,4,9-11H2,1-3H3. The molecule has 0 aromatic carbocycles. The summed E-state index contributed by atoms with van der Waals surface area (Å²) in [5, 5.41) is 5.54. The monoisotopic (exact) mass is 294 g/mol. The van der Waals surface area contributed by atoms with Crippen LogP contribution in [0.1, 0.15) is 27.1 Å². The minimum atomic E-state index is 0.997. The summed E-state index contributed by atoms with van der Waals surface area (Å²) < 4.78 is 0. The van der Waals surface area contributed by atoms with Crippen LogP contribution in [0.25, 0.3) is 0 Å². The fraction of sp³-hybridized carbons (Fsp3) is 0.467. The van der Waals surface area contributed by atoms with E-state index < -0.39 is 0 Å². The topological polar surface area (TPSA) is 15.3 Å². The summed E-state index contributed by atoms with van der Waals surface area (Å²) in [6.45, 7) is 8.48. The van der Waals surface area contributed by atoms with Crippen molar-refractivity contribution in [3.8, 4) is 0 Å². The highest BCUT2D eigenvalue weighted by molar-refractivity contribution is 7.12. The zero-order valence-electron chi connectivity index (χ0n) is 11.9. The van der Waals surface area contributed by atoms with Crippen LogP contribution >= 0.6 is 22.7 Å². The van der Waals surface area contributed by atoms with Gasteiger partial charge in [-0.25, -0.2) is 0 Å². The highest BCUT2D eigenvalue weighted by Gasteiger charge is 2.08. The van der Waals surface area contributed by atoms with Gasteiger partial charge in [0.05, 0.1) is 0 Å². The van der Waals surface area contributed by atoms with Crippen LogP contribution in [0.2, 0.25) is 0 Å². The molecule has 0 saturated carbocycles. The Bertz CT molecular complexity index is 488. The molecule has 2 nitrogen and oxygen atoms in total. The van der Waals surface area contributed by atoms with Crippen molar-refractivity contribution in [2.24, 2.45) is 0 Å². The number of nitrogens with zero attached hydrogens (tertiary/aromatic N) is 1. The second-order valence-electron chi connectivity index (χ2n) is 4.83. The lowest BCUT2D eigenvalue weighted by Crippen LogP contribution is -2.16. The molecule has 19 heavy (non-hydrogen) atoms.